The van der Waals surface area contributed by atoms with Gasteiger partial charge in [-0.3, -0.25) is 9.78 Å². The molecule has 1 atom stereocenters. The van der Waals surface area contributed by atoms with Crippen molar-refractivity contribution in [3.05, 3.63) is 37.1 Å². The van der Waals surface area contributed by atoms with Crippen molar-refractivity contribution in [1.29, 1.82) is 0 Å². The molecule has 1 saturated heterocycles. The van der Waals surface area contributed by atoms with Gasteiger partial charge in [-0.1, -0.05) is 20.8 Å². The summed E-state index contributed by atoms with van der Waals surface area (Å²) in [6, 6.07) is 2.67. The summed E-state index contributed by atoms with van der Waals surface area (Å²) in [5.74, 6) is -0.424. The van der Waals surface area contributed by atoms with Crippen LogP contribution in [0.4, 0.5) is 4.79 Å². The summed E-state index contributed by atoms with van der Waals surface area (Å²) in [5.41, 5.74) is 1.13. The zero-order chi connectivity index (χ0) is 28.6. The maximum absolute atomic E-state index is 11.8. The molecule has 0 spiro atoms. The number of nitrogens with one attached hydrogen (secondary N) is 1. The molecule has 204 valence electrons. The number of furan rings is 1. The smallest absolute Gasteiger partial charge is 0.408 e. The highest BCUT2D eigenvalue weighted by atomic mass is 16.6. The fraction of sp³-hybridized carbons (Fsp3) is 0.481. The minimum Gasteiger partial charge on any atom is -0.506 e. The number of aromatic nitrogens is 1. The zero-order valence-electron chi connectivity index (χ0n) is 22.4. The van der Waals surface area contributed by atoms with Crippen LogP contribution in [-0.2, 0) is 14.3 Å². The number of terminal acetylenes is 1. The van der Waals surface area contributed by atoms with Crippen LogP contribution in [0.25, 0.3) is 11.1 Å². The summed E-state index contributed by atoms with van der Waals surface area (Å²) >= 11 is 0. The largest absolute Gasteiger partial charge is 0.506 e. The molecule has 2 amide bonds. The van der Waals surface area contributed by atoms with Crippen LogP contribution >= 0.6 is 0 Å². The number of carbonyl (C=O) groups is 3. The maximum atomic E-state index is 11.8. The minimum atomic E-state index is -1.01. The van der Waals surface area contributed by atoms with Crippen molar-refractivity contribution in [2.75, 3.05) is 13.1 Å². The average molecular weight is 518 g/mol. The number of amides is 2. The number of likely N-dealkylation sites (tertiary alicyclic amines) is 1. The zero-order valence-corrected chi connectivity index (χ0v) is 22.4. The predicted octanol–water partition coefficient (Wildman–Crippen LogP) is 4.55. The highest BCUT2D eigenvalue weighted by Crippen LogP contribution is 2.21. The van der Waals surface area contributed by atoms with Gasteiger partial charge in [-0.05, 0) is 51.7 Å². The van der Waals surface area contributed by atoms with E-state index in [1.165, 1.54) is 11.1 Å². The summed E-state index contributed by atoms with van der Waals surface area (Å²) in [6.45, 7) is 11.8. The Morgan fingerprint density at radius 1 is 1.22 bits per heavy atom. The quantitative estimate of drug-likeness (QED) is 0.502. The number of rotatable bonds is 4. The van der Waals surface area contributed by atoms with E-state index < -0.39 is 29.6 Å². The minimum absolute atomic E-state index is 0.161. The predicted molar refractivity (Wildman–Crippen MR) is 141 cm³/mol. The van der Waals surface area contributed by atoms with Crippen molar-refractivity contribution >= 4 is 18.0 Å². The first-order valence-electron chi connectivity index (χ1n) is 11.8. The van der Waals surface area contributed by atoms with Crippen molar-refractivity contribution in [3.8, 4) is 29.7 Å². The van der Waals surface area contributed by atoms with Gasteiger partial charge in [-0.15, -0.1) is 12.8 Å². The van der Waals surface area contributed by atoms with Crippen LogP contribution in [0.1, 0.15) is 54.4 Å². The van der Waals surface area contributed by atoms with Crippen LogP contribution in [0.2, 0.25) is 0 Å². The molecular weight excluding hydrogens is 478 g/mol. The topological polar surface area (TPSA) is 142 Å². The van der Waals surface area contributed by atoms with Gasteiger partial charge < -0.3 is 29.6 Å². The number of ether oxygens (including phenoxy) is 1. The number of nitrogens with zero attached hydrogens (tertiary/aromatic N) is 2. The van der Waals surface area contributed by atoms with Crippen LogP contribution in [0, 0.1) is 18.8 Å². The van der Waals surface area contributed by atoms with Gasteiger partial charge in [0.25, 0.3) is 0 Å². The summed E-state index contributed by atoms with van der Waals surface area (Å²) < 4.78 is 9.89. The average Bonchev–Trinajstić information content (AvgIpc) is 3.50. The Kier molecular flexibility index (Phi) is 14.8. The Balaban J connectivity index is 0.000000610. The first-order chi connectivity index (χ1) is 17.3. The van der Waals surface area contributed by atoms with Gasteiger partial charge in [0.15, 0.2) is 0 Å². The Morgan fingerprint density at radius 2 is 1.84 bits per heavy atom. The van der Waals surface area contributed by atoms with Crippen LogP contribution in [0.5, 0.6) is 5.75 Å². The van der Waals surface area contributed by atoms with Gasteiger partial charge in [-0.25, -0.2) is 9.59 Å². The molecule has 0 saturated carbocycles. The summed E-state index contributed by atoms with van der Waals surface area (Å²) in [6.07, 6.45) is 14.7. The lowest BCUT2D eigenvalue weighted by atomic mass is 10.1. The number of hydrogen-bond donors (Lipinski definition) is 3. The fourth-order valence-electron chi connectivity index (χ4n) is 2.90. The number of carboxylic acids is 1. The molecule has 3 N–H and O–H groups in total. The molecule has 10 heteroatoms. The van der Waals surface area contributed by atoms with Crippen LogP contribution in [0.3, 0.4) is 0 Å². The first-order valence-corrected chi connectivity index (χ1v) is 11.8. The number of aliphatic carboxylic acids is 1. The maximum Gasteiger partial charge on any atom is 0.408 e. The molecule has 10 nitrogen and oxygen atoms in total. The molecule has 3 heterocycles. The number of hydrogen-bond acceptors (Lipinski definition) is 7. The van der Waals surface area contributed by atoms with E-state index in [9.17, 15) is 14.4 Å². The van der Waals surface area contributed by atoms with E-state index in [1.54, 1.807) is 45.6 Å². The third-order valence-corrected chi connectivity index (χ3v) is 4.22. The number of pyridine rings is 1. The van der Waals surface area contributed by atoms with E-state index in [-0.39, 0.29) is 12.3 Å². The van der Waals surface area contributed by atoms with E-state index in [4.69, 9.17) is 19.4 Å². The third kappa shape index (κ3) is 14.2. The monoisotopic (exact) mass is 517 g/mol. The molecule has 0 bridgehead atoms. The van der Waals surface area contributed by atoms with Gasteiger partial charge in [0.05, 0.1) is 18.7 Å². The second-order valence-corrected chi connectivity index (χ2v) is 9.61. The molecule has 0 aliphatic carbocycles. The number of aromatic hydroxyl groups is 1. The molecule has 2 aromatic rings. The highest BCUT2D eigenvalue weighted by molar-refractivity contribution is 5.87. The molecule has 3 rings (SSSR count). The standard InChI is InChI=1S/C12H20N2O5.C9H7NO2.C4H10.C2H2/c1-12(2,3)19-11(18)13-7-9(15)14-6-4-5-8(14)10(16)17;11-9-3-8(4-10-5-9)7-1-2-12-6-7;1-4(2)3;1-2/h8H,4-7H2,1-3H3,(H,13,18)(H,16,17);1-6,11H;4H,1-3H3;1-2H/t8-;;;/m0.../s1. The first kappa shape index (κ1) is 33.0. The number of carboxylic acid groups (broad SMARTS) is 1. The lowest BCUT2D eigenvalue weighted by Gasteiger charge is -2.23. The molecule has 0 aromatic carbocycles. The number of alkyl carbamates (subject to hydrolysis) is 1. The van der Waals surface area contributed by atoms with Crippen LogP contribution < -0.4 is 5.32 Å². The Morgan fingerprint density at radius 3 is 2.32 bits per heavy atom. The van der Waals surface area contributed by atoms with Gasteiger partial charge in [0.2, 0.25) is 5.91 Å². The summed E-state index contributed by atoms with van der Waals surface area (Å²) in [7, 11) is 0. The molecule has 2 aromatic heterocycles. The molecule has 1 aliphatic rings. The lowest BCUT2D eigenvalue weighted by molar-refractivity contribution is -0.147. The van der Waals surface area contributed by atoms with Gasteiger partial charge >= 0.3 is 12.1 Å². The van der Waals surface area contributed by atoms with E-state index >= 15 is 0 Å². The summed E-state index contributed by atoms with van der Waals surface area (Å²) in [4.78, 5) is 39.3. The molecule has 0 radical (unpaired) electrons. The SMILES string of the molecule is C#C.CC(C)(C)OC(=O)NCC(=O)N1CCC[C@H]1C(=O)O.CC(C)C.Oc1cncc(-c2ccoc2)c1. The third-order valence-electron chi connectivity index (χ3n) is 4.22. The molecular formula is C27H39N3O7. The van der Waals surface area contributed by atoms with Crippen LogP contribution in [0.15, 0.2) is 41.5 Å². The summed E-state index contributed by atoms with van der Waals surface area (Å²) in [5, 5.41) is 20.4. The highest BCUT2D eigenvalue weighted by Gasteiger charge is 2.33. The van der Waals surface area contributed by atoms with Crippen LogP contribution in [-0.4, -0.2) is 62.8 Å². The van der Waals surface area contributed by atoms with E-state index in [0.717, 1.165) is 17.0 Å². The van der Waals surface area contributed by atoms with E-state index in [2.05, 4.69) is 43.9 Å². The Labute approximate surface area is 219 Å². The van der Waals surface area contributed by atoms with Crippen molar-refractivity contribution in [2.24, 2.45) is 5.92 Å². The van der Waals surface area contributed by atoms with Crippen molar-refractivity contribution in [2.45, 2.75) is 66.0 Å². The fourth-order valence-corrected chi connectivity index (χ4v) is 2.90. The van der Waals surface area contributed by atoms with E-state index in [1.807, 2.05) is 6.07 Å². The lowest BCUT2D eigenvalue weighted by Crippen LogP contribution is -2.46. The van der Waals surface area contributed by atoms with Crippen molar-refractivity contribution < 1.29 is 33.8 Å². The second-order valence-electron chi connectivity index (χ2n) is 9.61. The van der Waals surface area contributed by atoms with E-state index in [0.29, 0.717) is 19.4 Å². The Bertz CT molecular complexity index is 977. The van der Waals surface area contributed by atoms with Gasteiger partial charge in [-0.2, -0.15) is 0 Å². The molecule has 1 fully saturated rings. The second kappa shape index (κ2) is 16.6. The Hall–Kier alpha value is -4.00. The van der Waals surface area contributed by atoms with Gasteiger partial charge in [0, 0.05) is 23.9 Å². The van der Waals surface area contributed by atoms with Gasteiger partial charge in [0.1, 0.15) is 23.9 Å². The molecule has 1 aliphatic heterocycles. The molecule has 0 unspecified atom stereocenters. The van der Waals surface area contributed by atoms with Crippen molar-refractivity contribution in [1.82, 2.24) is 15.2 Å². The van der Waals surface area contributed by atoms with Crippen molar-refractivity contribution in [3.63, 3.8) is 0 Å². The molecule has 37 heavy (non-hydrogen) atoms. The normalized spacial score (nSPS) is 14.1. The number of carbonyl (C=O) groups excluding carboxylic acids is 2.